The van der Waals surface area contributed by atoms with E-state index in [0.717, 1.165) is 39.9 Å². The van der Waals surface area contributed by atoms with Gasteiger partial charge in [0.1, 0.15) is 11.3 Å². The van der Waals surface area contributed by atoms with Crippen LogP contribution in [0.3, 0.4) is 0 Å². The summed E-state index contributed by atoms with van der Waals surface area (Å²) >= 11 is 3.61. The number of halogens is 1. The topological polar surface area (TPSA) is 76.5 Å². The van der Waals surface area contributed by atoms with Crippen molar-refractivity contribution in [2.45, 2.75) is 52.6 Å². The number of rotatable bonds is 4. The van der Waals surface area contributed by atoms with Gasteiger partial charge in [-0.05, 0) is 66.2 Å². The first kappa shape index (κ1) is 21.9. The molecule has 1 fully saturated rings. The maximum Gasteiger partial charge on any atom is 0.275 e. The molecule has 0 unspecified atom stereocenters. The van der Waals surface area contributed by atoms with E-state index in [1.54, 1.807) is 25.9 Å². The molecule has 1 aromatic carbocycles. The lowest BCUT2D eigenvalue weighted by atomic mass is 9.88. The van der Waals surface area contributed by atoms with E-state index < -0.39 is 5.54 Å². The molecule has 0 radical (unpaired) electrons. The van der Waals surface area contributed by atoms with Crippen molar-refractivity contribution in [1.29, 1.82) is 0 Å². The summed E-state index contributed by atoms with van der Waals surface area (Å²) in [7, 11) is 1.66. The third-order valence-electron chi connectivity index (χ3n) is 6.16. The largest absolute Gasteiger partial charge is 0.496 e. The van der Waals surface area contributed by atoms with Gasteiger partial charge in [-0.25, -0.2) is 0 Å². The Hall–Kier alpha value is -2.35. The monoisotopic (exact) mass is 488 g/mol. The highest BCUT2D eigenvalue weighted by Gasteiger charge is 2.43. The summed E-state index contributed by atoms with van der Waals surface area (Å²) in [5, 5.41) is 7.67. The number of ether oxygens (including phenoxy) is 1. The van der Waals surface area contributed by atoms with Crippen molar-refractivity contribution in [3.63, 3.8) is 0 Å². The lowest BCUT2D eigenvalue weighted by molar-refractivity contribution is -0.133. The molecule has 1 saturated heterocycles. The third-order valence-corrected chi connectivity index (χ3v) is 6.78. The number of aryl methyl sites for hydroxylation is 1. The molecule has 0 spiro atoms. The molecule has 4 rings (SSSR count). The minimum atomic E-state index is -0.910. The van der Waals surface area contributed by atoms with E-state index in [0.29, 0.717) is 31.2 Å². The van der Waals surface area contributed by atoms with Gasteiger partial charge in [-0.2, -0.15) is 5.10 Å². The van der Waals surface area contributed by atoms with Gasteiger partial charge >= 0.3 is 0 Å². The van der Waals surface area contributed by atoms with Crippen LogP contribution in [-0.2, 0) is 24.2 Å². The van der Waals surface area contributed by atoms with Gasteiger partial charge in [0.05, 0.1) is 17.3 Å². The van der Waals surface area contributed by atoms with Crippen LogP contribution in [0.2, 0.25) is 0 Å². The number of hydrogen-bond acceptors (Lipinski definition) is 4. The molecule has 1 aliphatic carbocycles. The lowest BCUT2D eigenvalue weighted by Gasteiger charge is -2.40. The van der Waals surface area contributed by atoms with E-state index in [1.165, 1.54) is 5.56 Å². The summed E-state index contributed by atoms with van der Waals surface area (Å²) in [5.74, 6) is 0.865. The SMILES string of the molecule is COc1cc2c(cc1Br)-c1c(c(C(=O)N3CCNC(=O)C3(C)C)nn1CC(C)C)CC2. The van der Waals surface area contributed by atoms with E-state index in [9.17, 15) is 9.59 Å². The van der Waals surface area contributed by atoms with Gasteiger partial charge in [0.2, 0.25) is 5.91 Å². The number of carbonyl (C=O) groups is 2. The molecule has 2 amide bonds. The predicted octanol–water partition coefficient (Wildman–Crippen LogP) is 3.43. The maximum atomic E-state index is 13.7. The molecule has 0 atom stereocenters. The molecule has 7 nitrogen and oxygen atoms in total. The molecule has 2 heterocycles. The first-order chi connectivity index (χ1) is 14.6. The van der Waals surface area contributed by atoms with Gasteiger partial charge in [-0.15, -0.1) is 0 Å². The van der Waals surface area contributed by atoms with Crippen LogP contribution >= 0.6 is 15.9 Å². The Balaban J connectivity index is 1.85. The van der Waals surface area contributed by atoms with Gasteiger partial charge in [0.15, 0.2) is 5.69 Å². The van der Waals surface area contributed by atoms with Crippen LogP contribution in [0.4, 0.5) is 0 Å². The number of methoxy groups -OCH3 is 1. The van der Waals surface area contributed by atoms with Crippen molar-refractivity contribution >= 4 is 27.7 Å². The van der Waals surface area contributed by atoms with Crippen LogP contribution in [0, 0.1) is 5.92 Å². The zero-order chi connectivity index (χ0) is 22.5. The molecule has 0 bridgehead atoms. The smallest absolute Gasteiger partial charge is 0.275 e. The number of carbonyl (C=O) groups excluding carboxylic acids is 2. The molecule has 1 aromatic heterocycles. The van der Waals surface area contributed by atoms with Crippen molar-refractivity contribution in [3.8, 4) is 17.0 Å². The van der Waals surface area contributed by atoms with E-state index in [4.69, 9.17) is 9.84 Å². The molecule has 8 heteroatoms. The number of hydrogen-bond donors (Lipinski definition) is 1. The minimum Gasteiger partial charge on any atom is -0.496 e. The average molecular weight is 489 g/mol. The number of nitrogens with zero attached hydrogens (tertiary/aromatic N) is 3. The van der Waals surface area contributed by atoms with Crippen LogP contribution in [-0.4, -0.2) is 52.2 Å². The fourth-order valence-corrected chi connectivity index (χ4v) is 5.01. The molecule has 2 aliphatic rings. The Labute approximate surface area is 191 Å². The zero-order valence-electron chi connectivity index (χ0n) is 18.7. The van der Waals surface area contributed by atoms with Crippen LogP contribution in [0.25, 0.3) is 11.3 Å². The molecule has 0 saturated carbocycles. The summed E-state index contributed by atoms with van der Waals surface area (Å²) in [6, 6.07) is 4.13. The van der Waals surface area contributed by atoms with Crippen LogP contribution < -0.4 is 10.1 Å². The van der Waals surface area contributed by atoms with Gasteiger partial charge in [-0.1, -0.05) is 13.8 Å². The number of nitrogens with one attached hydrogen (secondary N) is 1. The number of benzene rings is 1. The summed E-state index contributed by atoms with van der Waals surface area (Å²) in [6.07, 6.45) is 1.54. The van der Waals surface area contributed by atoms with Crippen molar-refractivity contribution in [3.05, 3.63) is 33.4 Å². The molecular weight excluding hydrogens is 460 g/mol. The standard InChI is InChI=1S/C23H29BrN4O3/c1-13(2)12-28-20-15(7-6-14-10-18(31-5)17(24)11-16(14)20)19(26-28)21(29)27-9-8-25-22(30)23(27,3)4/h10-11,13H,6-9,12H2,1-5H3,(H,25,30). The lowest BCUT2D eigenvalue weighted by Crippen LogP contribution is -2.63. The van der Waals surface area contributed by atoms with E-state index >= 15 is 0 Å². The molecule has 31 heavy (non-hydrogen) atoms. The Kier molecular flexibility index (Phi) is 5.62. The van der Waals surface area contributed by atoms with Gasteiger partial charge < -0.3 is 15.0 Å². The molecular formula is C23H29BrN4O3. The zero-order valence-corrected chi connectivity index (χ0v) is 20.3. The Bertz CT molecular complexity index is 1060. The van der Waals surface area contributed by atoms with Crippen molar-refractivity contribution in [1.82, 2.24) is 20.0 Å². The fourth-order valence-electron chi connectivity index (χ4n) is 4.51. The first-order valence-corrected chi connectivity index (χ1v) is 11.5. The first-order valence-electron chi connectivity index (χ1n) is 10.7. The number of aromatic nitrogens is 2. The second-order valence-corrected chi connectivity index (χ2v) is 10.0. The number of fused-ring (bicyclic) bond motifs is 3. The van der Waals surface area contributed by atoms with Gasteiger partial charge in [-0.3, -0.25) is 14.3 Å². The van der Waals surface area contributed by atoms with Gasteiger partial charge in [0, 0.05) is 30.8 Å². The number of piperazine rings is 1. The van der Waals surface area contributed by atoms with E-state index in [2.05, 4.69) is 47.2 Å². The summed E-state index contributed by atoms with van der Waals surface area (Å²) in [6.45, 7) is 9.50. The van der Waals surface area contributed by atoms with Crippen molar-refractivity contribution < 1.29 is 14.3 Å². The highest BCUT2D eigenvalue weighted by atomic mass is 79.9. The van der Waals surface area contributed by atoms with Crippen molar-refractivity contribution in [2.24, 2.45) is 5.92 Å². The third kappa shape index (κ3) is 3.64. The second kappa shape index (κ2) is 7.97. The Morgan fingerprint density at radius 1 is 1.32 bits per heavy atom. The highest BCUT2D eigenvalue weighted by Crippen LogP contribution is 2.41. The average Bonchev–Trinajstić information content (AvgIpc) is 3.07. The molecule has 1 N–H and O–H groups in total. The van der Waals surface area contributed by atoms with Crippen LogP contribution in [0.15, 0.2) is 16.6 Å². The van der Waals surface area contributed by atoms with E-state index in [1.807, 2.05) is 4.68 Å². The molecule has 2 aromatic rings. The number of amides is 2. The molecule has 166 valence electrons. The second-order valence-electron chi connectivity index (χ2n) is 9.17. The summed E-state index contributed by atoms with van der Waals surface area (Å²) in [4.78, 5) is 27.7. The Morgan fingerprint density at radius 3 is 2.74 bits per heavy atom. The highest BCUT2D eigenvalue weighted by molar-refractivity contribution is 9.10. The van der Waals surface area contributed by atoms with Crippen LogP contribution in [0.1, 0.15) is 49.3 Å². The van der Waals surface area contributed by atoms with E-state index in [-0.39, 0.29) is 11.8 Å². The van der Waals surface area contributed by atoms with Gasteiger partial charge in [0.25, 0.3) is 5.91 Å². The predicted molar refractivity (Wildman–Crippen MR) is 122 cm³/mol. The summed E-state index contributed by atoms with van der Waals surface area (Å²) in [5.41, 5.74) is 3.80. The molecule has 1 aliphatic heterocycles. The fraction of sp³-hybridized carbons (Fsp3) is 0.522. The minimum absolute atomic E-state index is 0.135. The Morgan fingerprint density at radius 2 is 2.06 bits per heavy atom. The van der Waals surface area contributed by atoms with Crippen LogP contribution in [0.5, 0.6) is 5.75 Å². The quantitative estimate of drug-likeness (QED) is 0.714. The van der Waals surface area contributed by atoms with Crippen molar-refractivity contribution in [2.75, 3.05) is 20.2 Å². The normalized spacial score (nSPS) is 17.3. The summed E-state index contributed by atoms with van der Waals surface area (Å²) < 4.78 is 8.33. The maximum absolute atomic E-state index is 13.7.